The topological polar surface area (TPSA) is 133 Å². The number of nitrogens with zero attached hydrogens (tertiary/aromatic N) is 4. The number of benzene rings is 1. The minimum absolute atomic E-state index is 0.0175. The minimum Gasteiger partial charge on any atom is -0.365 e. The number of carbonyl (C=O) groups is 2. The second-order valence-electron chi connectivity index (χ2n) is 7.85. The van der Waals surface area contributed by atoms with Crippen molar-refractivity contribution in [1.82, 2.24) is 14.3 Å². The summed E-state index contributed by atoms with van der Waals surface area (Å²) in [6.45, 7) is 5.50. The molecule has 1 atom stereocenters. The van der Waals surface area contributed by atoms with E-state index in [0.29, 0.717) is 32.0 Å². The molecule has 9 nitrogen and oxygen atoms in total. The molecule has 0 saturated carbocycles. The summed E-state index contributed by atoms with van der Waals surface area (Å²) >= 11 is 1.30. The second-order valence-corrected chi connectivity index (χ2v) is 8.58. The van der Waals surface area contributed by atoms with Crippen LogP contribution in [0.15, 0.2) is 30.3 Å². The molecule has 0 spiro atoms. The van der Waals surface area contributed by atoms with Crippen molar-refractivity contribution in [3.05, 3.63) is 30.3 Å². The first-order valence-corrected chi connectivity index (χ1v) is 10.6. The molecular weight excluding hydrogens is 406 g/mol. The average Bonchev–Trinajstić information content (AvgIpc) is 3.22. The van der Waals surface area contributed by atoms with Crippen LogP contribution < -0.4 is 10.6 Å². The van der Waals surface area contributed by atoms with E-state index < -0.39 is 23.5 Å². The molecule has 1 aliphatic rings. The molecule has 1 fully saturated rings. The van der Waals surface area contributed by atoms with E-state index in [1.165, 1.54) is 11.5 Å². The fourth-order valence-electron chi connectivity index (χ4n) is 3.47. The van der Waals surface area contributed by atoms with Crippen LogP contribution in [0.3, 0.4) is 0 Å². The maximum Gasteiger partial charge on any atom is 0.278 e. The molecule has 1 aromatic heterocycles. The standard InChI is InChI=1S/C20H27N5O4S/c1-13(2)12-15(20(28,29)18(21)27)17(26)24-8-10-25(11-9-24)19-22-16(23-30-19)14-6-4-3-5-7-14/h3-7,13,15,28-29H,8-12H2,1-2H3,(H2,21,27). The Labute approximate surface area is 179 Å². The zero-order valence-electron chi connectivity index (χ0n) is 17.1. The summed E-state index contributed by atoms with van der Waals surface area (Å²) in [5, 5.41) is 21.1. The van der Waals surface area contributed by atoms with E-state index in [-0.39, 0.29) is 12.3 Å². The lowest BCUT2D eigenvalue weighted by Gasteiger charge is -2.38. The first-order chi connectivity index (χ1) is 14.2. The van der Waals surface area contributed by atoms with Gasteiger partial charge in [0.15, 0.2) is 5.82 Å². The van der Waals surface area contributed by atoms with E-state index in [0.717, 1.165) is 10.7 Å². The Morgan fingerprint density at radius 1 is 1.17 bits per heavy atom. The second kappa shape index (κ2) is 9.07. The van der Waals surface area contributed by atoms with Gasteiger partial charge in [-0.1, -0.05) is 44.2 Å². The summed E-state index contributed by atoms with van der Waals surface area (Å²) in [5.74, 6) is -5.32. The number of hydrogen-bond acceptors (Lipinski definition) is 8. The molecule has 4 N–H and O–H groups in total. The van der Waals surface area contributed by atoms with Crippen LogP contribution in [0, 0.1) is 11.8 Å². The fraction of sp³-hybridized carbons (Fsp3) is 0.500. The Bertz CT molecular complexity index is 878. The van der Waals surface area contributed by atoms with Gasteiger partial charge in [-0.05, 0) is 12.3 Å². The summed E-state index contributed by atoms with van der Waals surface area (Å²) in [6, 6.07) is 9.70. The fourth-order valence-corrected chi connectivity index (χ4v) is 4.21. The number of piperazine rings is 1. The van der Waals surface area contributed by atoms with Gasteiger partial charge in [0.1, 0.15) is 5.92 Å². The molecule has 1 aromatic carbocycles. The van der Waals surface area contributed by atoms with Crippen LogP contribution in [0.4, 0.5) is 5.13 Å². The SMILES string of the molecule is CC(C)CC(C(=O)N1CCN(c2nc(-c3ccccc3)ns2)CC1)C(O)(O)C(N)=O. The number of hydrogen-bond donors (Lipinski definition) is 3. The number of rotatable bonds is 7. The number of aromatic nitrogens is 2. The molecule has 1 aliphatic heterocycles. The first-order valence-electron chi connectivity index (χ1n) is 9.87. The number of carbonyl (C=O) groups excluding carboxylic acids is 2. The Balaban J connectivity index is 1.66. The van der Waals surface area contributed by atoms with Crippen molar-refractivity contribution >= 4 is 28.5 Å². The predicted octanol–water partition coefficient (Wildman–Crippen LogP) is 0.682. The summed E-state index contributed by atoms with van der Waals surface area (Å²) < 4.78 is 4.42. The quantitative estimate of drug-likeness (QED) is 0.547. The number of aliphatic hydroxyl groups is 2. The van der Waals surface area contributed by atoms with E-state index in [4.69, 9.17) is 5.73 Å². The molecule has 30 heavy (non-hydrogen) atoms. The molecule has 1 saturated heterocycles. The summed E-state index contributed by atoms with van der Waals surface area (Å²) in [6.07, 6.45) is 0.145. The van der Waals surface area contributed by atoms with Crippen molar-refractivity contribution in [3.63, 3.8) is 0 Å². The zero-order valence-corrected chi connectivity index (χ0v) is 17.9. The smallest absolute Gasteiger partial charge is 0.278 e. The van der Waals surface area contributed by atoms with Gasteiger partial charge in [-0.25, -0.2) is 0 Å². The van der Waals surface area contributed by atoms with Crippen LogP contribution in [0.25, 0.3) is 11.4 Å². The van der Waals surface area contributed by atoms with Gasteiger partial charge >= 0.3 is 0 Å². The lowest BCUT2D eigenvalue weighted by molar-refractivity contribution is -0.209. The molecule has 162 valence electrons. The molecule has 3 rings (SSSR count). The Hall–Kier alpha value is -2.56. The third kappa shape index (κ3) is 4.77. The monoisotopic (exact) mass is 433 g/mol. The van der Waals surface area contributed by atoms with Gasteiger partial charge in [0.2, 0.25) is 11.0 Å². The van der Waals surface area contributed by atoms with Gasteiger partial charge in [0.25, 0.3) is 11.7 Å². The highest BCUT2D eigenvalue weighted by atomic mass is 32.1. The molecule has 10 heteroatoms. The van der Waals surface area contributed by atoms with Crippen LogP contribution in [-0.2, 0) is 9.59 Å². The molecular formula is C20H27N5O4S. The minimum atomic E-state index is -2.87. The molecule has 0 aliphatic carbocycles. The van der Waals surface area contributed by atoms with Gasteiger partial charge < -0.3 is 25.7 Å². The molecule has 0 bridgehead atoms. The summed E-state index contributed by atoms with van der Waals surface area (Å²) in [4.78, 5) is 32.7. The van der Waals surface area contributed by atoms with Crippen molar-refractivity contribution in [1.29, 1.82) is 0 Å². The van der Waals surface area contributed by atoms with Crippen molar-refractivity contribution in [3.8, 4) is 11.4 Å². The van der Waals surface area contributed by atoms with Gasteiger partial charge in [-0.2, -0.15) is 9.36 Å². The van der Waals surface area contributed by atoms with Gasteiger partial charge in [0, 0.05) is 43.3 Å². The molecule has 0 radical (unpaired) electrons. The van der Waals surface area contributed by atoms with Gasteiger partial charge in [-0.15, -0.1) is 0 Å². The Kier molecular flexibility index (Phi) is 6.69. The molecule has 2 amide bonds. The molecule has 2 aromatic rings. The third-order valence-electron chi connectivity index (χ3n) is 5.16. The van der Waals surface area contributed by atoms with Crippen LogP contribution in [0.1, 0.15) is 20.3 Å². The van der Waals surface area contributed by atoms with E-state index in [1.54, 1.807) is 4.90 Å². The summed E-state index contributed by atoms with van der Waals surface area (Å²) in [5.41, 5.74) is 6.07. The van der Waals surface area contributed by atoms with E-state index in [1.807, 2.05) is 49.1 Å². The first kappa shape index (κ1) is 22.1. The van der Waals surface area contributed by atoms with Crippen LogP contribution in [-0.4, -0.2) is 68.3 Å². The lowest BCUT2D eigenvalue weighted by Crippen LogP contribution is -2.58. The Morgan fingerprint density at radius 2 is 1.80 bits per heavy atom. The van der Waals surface area contributed by atoms with Crippen LogP contribution in [0.5, 0.6) is 0 Å². The van der Waals surface area contributed by atoms with Crippen LogP contribution >= 0.6 is 11.5 Å². The maximum absolute atomic E-state index is 13.0. The normalized spacial score (nSPS) is 16.0. The van der Waals surface area contributed by atoms with Crippen molar-refractivity contribution < 1.29 is 19.8 Å². The maximum atomic E-state index is 13.0. The summed E-state index contributed by atoms with van der Waals surface area (Å²) in [7, 11) is 0. The van der Waals surface area contributed by atoms with Crippen molar-refractivity contribution in [2.24, 2.45) is 17.6 Å². The Morgan fingerprint density at radius 3 is 2.37 bits per heavy atom. The number of nitrogens with two attached hydrogens (primary N) is 1. The lowest BCUT2D eigenvalue weighted by atomic mass is 9.87. The van der Waals surface area contributed by atoms with Gasteiger partial charge in [-0.3, -0.25) is 9.59 Å². The van der Waals surface area contributed by atoms with E-state index in [2.05, 4.69) is 9.36 Å². The molecule has 2 heterocycles. The predicted molar refractivity (Wildman–Crippen MR) is 113 cm³/mol. The zero-order chi connectivity index (χ0) is 21.9. The number of amides is 2. The largest absolute Gasteiger partial charge is 0.365 e. The van der Waals surface area contributed by atoms with Crippen molar-refractivity contribution in [2.75, 3.05) is 31.1 Å². The van der Waals surface area contributed by atoms with E-state index in [9.17, 15) is 19.8 Å². The van der Waals surface area contributed by atoms with Gasteiger partial charge in [0.05, 0.1) is 0 Å². The number of primary amides is 1. The molecule has 1 unspecified atom stereocenters. The number of anilines is 1. The van der Waals surface area contributed by atoms with Crippen LogP contribution in [0.2, 0.25) is 0 Å². The third-order valence-corrected chi connectivity index (χ3v) is 5.94. The highest BCUT2D eigenvalue weighted by Crippen LogP contribution is 2.28. The highest BCUT2D eigenvalue weighted by molar-refractivity contribution is 7.09. The highest BCUT2D eigenvalue weighted by Gasteiger charge is 2.47. The van der Waals surface area contributed by atoms with E-state index >= 15 is 0 Å². The average molecular weight is 434 g/mol. The van der Waals surface area contributed by atoms with Crippen molar-refractivity contribution in [2.45, 2.75) is 26.1 Å².